The lowest BCUT2D eigenvalue weighted by Crippen LogP contribution is -2.39. The average Bonchev–Trinajstić information content (AvgIpc) is 2.51. The Kier molecular flexibility index (Phi) is 7.36. The molecule has 3 N–H and O–H groups in total. The van der Waals surface area contributed by atoms with Gasteiger partial charge >= 0.3 is 0 Å². The number of benzene rings is 1. The Morgan fingerprint density at radius 2 is 1.83 bits per heavy atom. The summed E-state index contributed by atoms with van der Waals surface area (Å²) in [5.41, 5.74) is 6.74. The Labute approximate surface area is 139 Å². The Balaban J connectivity index is 2.82. The fourth-order valence-electron chi connectivity index (χ4n) is 2.00. The van der Waals surface area contributed by atoms with Crippen molar-refractivity contribution in [2.75, 3.05) is 13.7 Å². The first-order chi connectivity index (χ1) is 10.8. The van der Waals surface area contributed by atoms with Crippen molar-refractivity contribution in [1.29, 1.82) is 0 Å². The molecule has 1 rings (SSSR count). The molecule has 3 unspecified atom stereocenters. The van der Waals surface area contributed by atoms with Crippen LogP contribution in [0.4, 0.5) is 0 Å². The van der Waals surface area contributed by atoms with Gasteiger partial charge in [-0.05, 0) is 37.5 Å². The standard InChI is InChI=1S/C18H30N2O3/c1-11(2)10-23-16-8-7-15(9-17(16)22-6)14(5)20-18(21)12(3)13(4)19/h7-9,11-14H,10,19H2,1-6H3,(H,20,21). The van der Waals surface area contributed by atoms with Crippen molar-refractivity contribution < 1.29 is 14.3 Å². The van der Waals surface area contributed by atoms with E-state index in [4.69, 9.17) is 15.2 Å². The number of amides is 1. The summed E-state index contributed by atoms with van der Waals surface area (Å²) in [4.78, 5) is 12.1. The van der Waals surface area contributed by atoms with Crippen molar-refractivity contribution >= 4 is 5.91 Å². The van der Waals surface area contributed by atoms with Crippen molar-refractivity contribution in [1.82, 2.24) is 5.32 Å². The highest BCUT2D eigenvalue weighted by molar-refractivity contribution is 5.79. The van der Waals surface area contributed by atoms with E-state index >= 15 is 0 Å². The summed E-state index contributed by atoms with van der Waals surface area (Å²) in [6, 6.07) is 5.42. The second kappa shape index (κ2) is 8.77. The summed E-state index contributed by atoms with van der Waals surface area (Å²) >= 11 is 0. The summed E-state index contributed by atoms with van der Waals surface area (Å²) in [7, 11) is 1.61. The van der Waals surface area contributed by atoms with Crippen LogP contribution in [0.15, 0.2) is 18.2 Å². The molecule has 5 heteroatoms. The van der Waals surface area contributed by atoms with E-state index in [1.165, 1.54) is 0 Å². The number of hydrogen-bond donors (Lipinski definition) is 2. The van der Waals surface area contributed by atoms with E-state index in [1.54, 1.807) is 7.11 Å². The van der Waals surface area contributed by atoms with Gasteiger partial charge in [0.15, 0.2) is 11.5 Å². The number of nitrogens with two attached hydrogens (primary N) is 1. The highest BCUT2D eigenvalue weighted by Crippen LogP contribution is 2.30. The van der Waals surface area contributed by atoms with Gasteiger partial charge in [-0.1, -0.05) is 26.8 Å². The lowest BCUT2D eigenvalue weighted by molar-refractivity contribution is -0.125. The minimum absolute atomic E-state index is 0.0494. The van der Waals surface area contributed by atoms with Crippen molar-refractivity contribution in [2.45, 2.75) is 46.7 Å². The first kappa shape index (κ1) is 19.3. The molecule has 0 aromatic heterocycles. The predicted molar refractivity (Wildman–Crippen MR) is 92.7 cm³/mol. The maximum Gasteiger partial charge on any atom is 0.224 e. The lowest BCUT2D eigenvalue weighted by atomic mass is 10.0. The molecule has 130 valence electrons. The molecular formula is C18H30N2O3. The number of carbonyl (C=O) groups is 1. The number of rotatable bonds is 8. The van der Waals surface area contributed by atoms with Gasteiger partial charge in [-0.15, -0.1) is 0 Å². The van der Waals surface area contributed by atoms with Crippen LogP contribution in [0, 0.1) is 11.8 Å². The van der Waals surface area contributed by atoms with Gasteiger partial charge in [0.1, 0.15) is 0 Å². The van der Waals surface area contributed by atoms with Gasteiger partial charge in [0, 0.05) is 12.0 Å². The Morgan fingerprint density at radius 1 is 1.17 bits per heavy atom. The first-order valence-corrected chi connectivity index (χ1v) is 8.13. The molecule has 0 radical (unpaired) electrons. The fourth-order valence-corrected chi connectivity index (χ4v) is 2.00. The zero-order valence-electron chi connectivity index (χ0n) is 15.1. The third-order valence-corrected chi connectivity index (χ3v) is 3.82. The van der Waals surface area contributed by atoms with Crippen molar-refractivity contribution in [2.24, 2.45) is 17.6 Å². The van der Waals surface area contributed by atoms with Crippen LogP contribution in [0.5, 0.6) is 11.5 Å². The highest BCUT2D eigenvalue weighted by atomic mass is 16.5. The SMILES string of the molecule is COc1cc(C(C)NC(=O)C(C)C(C)N)ccc1OCC(C)C. The Bertz CT molecular complexity index is 515. The minimum atomic E-state index is -0.229. The highest BCUT2D eigenvalue weighted by Gasteiger charge is 2.20. The van der Waals surface area contributed by atoms with Crippen LogP contribution in [0.2, 0.25) is 0 Å². The van der Waals surface area contributed by atoms with Gasteiger partial charge in [-0.2, -0.15) is 0 Å². The number of methoxy groups -OCH3 is 1. The van der Waals surface area contributed by atoms with Crippen LogP contribution in [0.3, 0.4) is 0 Å². The Hall–Kier alpha value is -1.75. The van der Waals surface area contributed by atoms with Gasteiger partial charge in [-0.3, -0.25) is 4.79 Å². The summed E-state index contributed by atoms with van der Waals surface area (Å²) in [5, 5.41) is 2.98. The molecule has 1 aromatic carbocycles. The van der Waals surface area contributed by atoms with E-state index in [0.29, 0.717) is 24.0 Å². The molecule has 23 heavy (non-hydrogen) atoms. The zero-order chi connectivity index (χ0) is 17.6. The van der Waals surface area contributed by atoms with Gasteiger partial charge in [0.05, 0.1) is 19.8 Å². The van der Waals surface area contributed by atoms with Crippen LogP contribution in [-0.2, 0) is 4.79 Å². The molecule has 5 nitrogen and oxygen atoms in total. The second-order valence-electron chi connectivity index (χ2n) is 6.49. The molecule has 0 saturated heterocycles. The number of nitrogens with one attached hydrogen (secondary N) is 1. The molecule has 0 aliphatic heterocycles. The molecule has 0 aliphatic rings. The molecular weight excluding hydrogens is 292 g/mol. The predicted octanol–water partition coefficient (Wildman–Crippen LogP) is 2.89. The summed E-state index contributed by atoms with van der Waals surface area (Å²) in [5.74, 6) is 1.55. The maximum absolute atomic E-state index is 12.1. The van der Waals surface area contributed by atoms with Crippen molar-refractivity contribution in [3.8, 4) is 11.5 Å². The van der Waals surface area contributed by atoms with Crippen LogP contribution >= 0.6 is 0 Å². The maximum atomic E-state index is 12.1. The van der Waals surface area contributed by atoms with E-state index in [9.17, 15) is 4.79 Å². The van der Waals surface area contributed by atoms with Crippen LogP contribution < -0.4 is 20.5 Å². The number of ether oxygens (including phenoxy) is 2. The minimum Gasteiger partial charge on any atom is -0.493 e. The van der Waals surface area contributed by atoms with Gasteiger partial charge in [0.25, 0.3) is 0 Å². The van der Waals surface area contributed by atoms with Crippen molar-refractivity contribution in [3.05, 3.63) is 23.8 Å². The molecule has 0 fully saturated rings. The van der Waals surface area contributed by atoms with Gasteiger partial charge in [-0.25, -0.2) is 0 Å². The van der Waals surface area contributed by atoms with Crippen LogP contribution in [0.1, 0.15) is 46.2 Å². The lowest BCUT2D eigenvalue weighted by Gasteiger charge is -2.21. The molecule has 0 spiro atoms. The van der Waals surface area contributed by atoms with E-state index in [0.717, 1.165) is 5.56 Å². The Morgan fingerprint density at radius 3 is 2.35 bits per heavy atom. The number of carbonyl (C=O) groups excluding carboxylic acids is 1. The molecule has 0 aliphatic carbocycles. The van der Waals surface area contributed by atoms with E-state index < -0.39 is 0 Å². The van der Waals surface area contributed by atoms with Crippen LogP contribution in [-0.4, -0.2) is 25.7 Å². The van der Waals surface area contributed by atoms with Gasteiger partial charge in [0.2, 0.25) is 5.91 Å². The zero-order valence-corrected chi connectivity index (χ0v) is 15.1. The van der Waals surface area contributed by atoms with E-state index in [2.05, 4.69) is 19.2 Å². The normalized spacial score (nSPS) is 15.0. The summed E-state index contributed by atoms with van der Waals surface area (Å²) in [6.45, 7) is 10.4. The third kappa shape index (κ3) is 5.75. The summed E-state index contributed by atoms with van der Waals surface area (Å²) < 4.78 is 11.1. The molecule has 3 atom stereocenters. The largest absolute Gasteiger partial charge is 0.493 e. The molecule has 0 heterocycles. The first-order valence-electron chi connectivity index (χ1n) is 8.13. The van der Waals surface area contributed by atoms with Gasteiger partial charge < -0.3 is 20.5 Å². The monoisotopic (exact) mass is 322 g/mol. The fraction of sp³-hybridized carbons (Fsp3) is 0.611. The quantitative estimate of drug-likeness (QED) is 0.772. The third-order valence-electron chi connectivity index (χ3n) is 3.82. The number of hydrogen-bond acceptors (Lipinski definition) is 4. The van der Waals surface area contributed by atoms with E-state index in [-0.39, 0.29) is 23.9 Å². The molecule has 0 bridgehead atoms. The average molecular weight is 322 g/mol. The topological polar surface area (TPSA) is 73.6 Å². The van der Waals surface area contributed by atoms with Crippen LogP contribution in [0.25, 0.3) is 0 Å². The van der Waals surface area contributed by atoms with Crippen molar-refractivity contribution in [3.63, 3.8) is 0 Å². The molecule has 1 amide bonds. The molecule has 1 aromatic rings. The second-order valence-corrected chi connectivity index (χ2v) is 6.49. The summed E-state index contributed by atoms with van der Waals surface area (Å²) in [6.07, 6.45) is 0. The van der Waals surface area contributed by atoms with E-state index in [1.807, 2.05) is 39.0 Å². The smallest absolute Gasteiger partial charge is 0.224 e. The molecule has 0 saturated carbocycles.